The highest BCUT2D eigenvalue weighted by Gasteiger charge is 2.15. The molecule has 0 radical (unpaired) electrons. The van der Waals surface area contributed by atoms with E-state index in [1.807, 2.05) is 12.3 Å². The van der Waals surface area contributed by atoms with E-state index in [2.05, 4.69) is 4.84 Å². The molecule has 0 saturated carbocycles. The summed E-state index contributed by atoms with van der Waals surface area (Å²) in [6.45, 7) is 0.376. The molecule has 1 aromatic carbocycles. The zero-order chi connectivity index (χ0) is 12.2. The lowest BCUT2D eigenvalue weighted by Crippen LogP contribution is -2.07. The Hall–Kier alpha value is -0.560. The highest BCUT2D eigenvalue weighted by molar-refractivity contribution is 7.99. The van der Waals surface area contributed by atoms with Crippen LogP contribution in [0.3, 0.4) is 0 Å². The summed E-state index contributed by atoms with van der Waals surface area (Å²) in [5, 5.41) is 0. The van der Waals surface area contributed by atoms with Crippen molar-refractivity contribution in [3.63, 3.8) is 0 Å². The van der Waals surface area contributed by atoms with E-state index in [0.29, 0.717) is 17.9 Å². The lowest BCUT2D eigenvalue weighted by atomic mass is 10.2. The number of thioether (sulfide) groups is 1. The fourth-order valence-corrected chi connectivity index (χ4v) is 3.65. The molecular formula is C10H15NO3S2. The molecule has 6 heteroatoms. The molecule has 1 aromatic rings. The molecule has 0 fully saturated rings. The molecule has 4 nitrogen and oxygen atoms in total. The maximum absolute atomic E-state index is 11.6. The summed E-state index contributed by atoms with van der Waals surface area (Å²) >= 11 is 1.42. The molecule has 0 aromatic heterocycles. The van der Waals surface area contributed by atoms with Crippen molar-refractivity contribution in [2.45, 2.75) is 16.2 Å². The van der Waals surface area contributed by atoms with E-state index in [4.69, 9.17) is 5.90 Å². The van der Waals surface area contributed by atoms with Crippen LogP contribution in [0.4, 0.5) is 0 Å². The van der Waals surface area contributed by atoms with Crippen LogP contribution in [0.2, 0.25) is 0 Å². The molecule has 0 aliphatic carbocycles. The van der Waals surface area contributed by atoms with Gasteiger partial charge in [0.25, 0.3) is 0 Å². The van der Waals surface area contributed by atoms with E-state index in [1.165, 1.54) is 18.0 Å². The third kappa shape index (κ3) is 3.21. The van der Waals surface area contributed by atoms with Crippen molar-refractivity contribution >= 4 is 21.6 Å². The van der Waals surface area contributed by atoms with Gasteiger partial charge in [0.2, 0.25) is 0 Å². The van der Waals surface area contributed by atoms with E-state index in [1.54, 1.807) is 12.1 Å². The van der Waals surface area contributed by atoms with Gasteiger partial charge in [-0.05, 0) is 24.3 Å². The van der Waals surface area contributed by atoms with Crippen LogP contribution in [-0.2, 0) is 21.1 Å². The summed E-state index contributed by atoms with van der Waals surface area (Å²) in [6, 6.07) is 5.25. The second-order valence-electron chi connectivity index (χ2n) is 3.34. The number of sulfone groups is 1. The van der Waals surface area contributed by atoms with Gasteiger partial charge >= 0.3 is 0 Å². The second-order valence-corrected chi connectivity index (χ2v) is 6.14. The Bertz CT molecular complexity index is 457. The summed E-state index contributed by atoms with van der Waals surface area (Å²) in [4.78, 5) is 5.66. The molecule has 0 heterocycles. The van der Waals surface area contributed by atoms with E-state index in [0.717, 1.165) is 10.5 Å². The number of hydrogen-bond donors (Lipinski definition) is 1. The Kier molecular flexibility index (Phi) is 4.79. The fraction of sp³-hybridized carbons (Fsp3) is 0.400. The Morgan fingerprint density at radius 2 is 2.12 bits per heavy atom. The summed E-state index contributed by atoms with van der Waals surface area (Å²) in [7, 11) is -3.19. The lowest BCUT2D eigenvalue weighted by molar-refractivity contribution is 0.141. The number of hydrogen-bond acceptors (Lipinski definition) is 5. The SMILES string of the molecule is CSc1c(CCON)cccc1S(C)(=O)=O. The van der Waals surface area contributed by atoms with E-state index in [9.17, 15) is 8.42 Å². The molecule has 0 atom stereocenters. The molecule has 0 aliphatic rings. The molecule has 2 N–H and O–H groups in total. The Morgan fingerprint density at radius 3 is 2.62 bits per heavy atom. The minimum atomic E-state index is -3.19. The number of nitrogens with two attached hydrogens (primary N) is 1. The van der Waals surface area contributed by atoms with Crippen LogP contribution in [-0.4, -0.2) is 27.5 Å². The van der Waals surface area contributed by atoms with Crippen LogP contribution >= 0.6 is 11.8 Å². The van der Waals surface area contributed by atoms with Gasteiger partial charge in [-0.15, -0.1) is 11.8 Å². The van der Waals surface area contributed by atoms with Gasteiger partial charge in [0.1, 0.15) is 0 Å². The van der Waals surface area contributed by atoms with Crippen LogP contribution in [0.25, 0.3) is 0 Å². The van der Waals surface area contributed by atoms with Gasteiger partial charge in [0.15, 0.2) is 9.84 Å². The largest absolute Gasteiger partial charge is 0.304 e. The second kappa shape index (κ2) is 5.67. The third-order valence-corrected chi connectivity index (χ3v) is 4.31. The van der Waals surface area contributed by atoms with Gasteiger partial charge in [-0.2, -0.15) is 0 Å². The molecule has 0 amide bonds. The average Bonchev–Trinajstić information content (AvgIpc) is 2.24. The summed E-state index contributed by atoms with van der Waals surface area (Å²) in [6.07, 6.45) is 3.68. The normalized spacial score (nSPS) is 11.7. The van der Waals surface area contributed by atoms with Crippen molar-refractivity contribution in [2.75, 3.05) is 19.1 Å². The first-order valence-corrected chi connectivity index (χ1v) is 7.80. The van der Waals surface area contributed by atoms with Gasteiger partial charge in [-0.3, -0.25) is 0 Å². The van der Waals surface area contributed by atoms with Gasteiger partial charge in [0.05, 0.1) is 11.5 Å². The quantitative estimate of drug-likeness (QED) is 0.638. The zero-order valence-electron chi connectivity index (χ0n) is 9.26. The molecule has 16 heavy (non-hydrogen) atoms. The van der Waals surface area contributed by atoms with Crippen molar-refractivity contribution in [3.8, 4) is 0 Å². The highest BCUT2D eigenvalue weighted by Crippen LogP contribution is 2.28. The smallest absolute Gasteiger partial charge is 0.176 e. The van der Waals surface area contributed by atoms with Crippen LogP contribution in [0.15, 0.2) is 28.0 Å². The Labute approximate surface area is 100 Å². The molecule has 0 saturated heterocycles. The van der Waals surface area contributed by atoms with Crippen LogP contribution in [0.1, 0.15) is 5.56 Å². The maximum atomic E-state index is 11.6. The first-order chi connectivity index (χ1) is 7.50. The van der Waals surface area contributed by atoms with Gasteiger partial charge in [-0.1, -0.05) is 12.1 Å². The summed E-state index contributed by atoms with van der Waals surface area (Å²) in [5.41, 5.74) is 0.945. The topological polar surface area (TPSA) is 69.4 Å². The van der Waals surface area contributed by atoms with E-state index in [-0.39, 0.29) is 0 Å². The molecular weight excluding hydrogens is 246 g/mol. The summed E-state index contributed by atoms with van der Waals surface area (Å²) in [5.74, 6) is 4.97. The predicted octanol–water partition coefficient (Wildman–Crippen LogP) is 1.24. The Balaban J connectivity index is 3.21. The third-order valence-electron chi connectivity index (χ3n) is 2.15. The van der Waals surface area contributed by atoms with Crippen LogP contribution in [0.5, 0.6) is 0 Å². The van der Waals surface area contributed by atoms with E-state index < -0.39 is 9.84 Å². The van der Waals surface area contributed by atoms with Crippen LogP contribution in [0, 0.1) is 0 Å². The minimum Gasteiger partial charge on any atom is -0.304 e. The average molecular weight is 261 g/mol. The maximum Gasteiger partial charge on any atom is 0.176 e. The summed E-state index contributed by atoms with van der Waals surface area (Å²) < 4.78 is 23.1. The molecule has 0 spiro atoms. The lowest BCUT2D eigenvalue weighted by Gasteiger charge is -2.11. The van der Waals surface area contributed by atoms with Gasteiger partial charge in [-0.25, -0.2) is 14.3 Å². The highest BCUT2D eigenvalue weighted by atomic mass is 32.2. The van der Waals surface area contributed by atoms with Crippen molar-refractivity contribution in [2.24, 2.45) is 5.90 Å². The molecule has 90 valence electrons. The first-order valence-electron chi connectivity index (χ1n) is 4.68. The van der Waals surface area contributed by atoms with Crippen molar-refractivity contribution in [1.82, 2.24) is 0 Å². The van der Waals surface area contributed by atoms with Crippen LogP contribution < -0.4 is 5.90 Å². The molecule has 0 aliphatic heterocycles. The molecule has 0 bridgehead atoms. The predicted molar refractivity (Wildman–Crippen MR) is 65.2 cm³/mol. The number of benzene rings is 1. The minimum absolute atomic E-state index is 0.370. The van der Waals surface area contributed by atoms with E-state index >= 15 is 0 Å². The standard InChI is InChI=1S/C10H15NO3S2/c1-15-10-8(6-7-14-11)4-3-5-9(10)16(2,12)13/h3-5H,6-7,11H2,1-2H3. The monoisotopic (exact) mass is 261 g/mol. The molecule has 1 rings (SSSR count). The van der Waals surface area contributed by atoms with Crippen molar-refractivity contribution in [3.05, 3.63) is 23.8 Å². The van der Waals surface area contributed by atoms with Gasteiger partial charge < -0.3 is 4.84 Å². The van der Waals surface area contributed by atoms with Crippen molar-refractivity contribution in [1.29, 1.82) is 0 Å². The zero-order valence-corrected chi connectivity index (χ0v) is 10.9. The first kappa shape index (κ1) is 13.5. The Morgan fingerprint density at radius 1 is 1.44 bits per heavy atom. The number of rotatable bonds is 5. The fourth-order valence-electron chi connectivity index (χ4n) is 1.45. The van der Waals surface area contributed by atoms with Gasteiger partial charge in [0, 0.05) is 11.2 Å². The van der Waals surface area contributed by atoms with Crippen molar-refractivity contribution < 1.29 is 13.3 Å². The molecule has 0 unspecified atom stereocenters.